The van der Waals surface area contributed by atoms with Crippen LogP contribution < -0.4 is 10.1 Å². The molecule has 0 radical (unpaired) electrons. The summed E-state index contributed by atoms with van der Waals surface area (Å²) >= 11 is 0. The molecule has 1 N–H and O–H groups in total. The van der Waals surface area contributed by atoms with Crippen molar-refractivity contribution in [1.29, 1.82) is 0 Å². The molecule has 3 aromatic rings. The van der Waals surface area contributed by atoms with E-state index in [0.717, 1.165) is 16.7 Å². The van der Waals surface area contributed by atoms with Gasteiger partial charge in [-0.25, -0.2) is 9.78 Å². The molecule has 0 aliphatic carbocycles. The van der Waals surface area contributed by atoms with Gasteiger partial charge in [0.25, 0.3) is 0 Å². The number of aromatic nitrogens is 1. The van der Waals surface area contributed by atoms with E-state index in [1.54, 1.807) is 12.3 Å². The molecule has 0 aliphatic rings. The van der Waals surface area contributed by atoms with Crippen molar-refractivity contribution in [2.45, 2.75) is 25.7 Å². The molecule has 1 aromatic heterocycles. The zero-order valence-electron chi connectivity index (χ0n) is 15.9. The third kappa shape index (κ3) is 6.77. The lowest BCUT2D eigenvalue weighted by molar-refractivity contribution is -0.109. The molecular formula is C23H22N2O4. The fourth-order valence-electron chi connectivity index (χ4n) is 2.65. The molecule has 0 saturated heterocycles. The van der Waals surface area contributed by atoms with Crippen LogP contribution in [0.2, 0.25) is 0 Å². The Balaban J connectivity index is 1.45. The summed E-state index contributed by atoms with van der Waals surface area (Å²) < 4.78 is 10.8. The number of amides is 1. The van der Waals surface area contributed by atoms with Gasteiger partial charge in [-0.05, 0) is 16.7 Å². The number of nitrogens with one attached hydrogen (secondary N) is 1. The number of carbonyl (C=O) groups excluding carboxylic acids is 2. The number of rotatable bonds is 9. The van der Waals surface area contributed by atoms with E-state index < -0.39 is 12.1 Å². The Labute approximate surface area is 169 Å². The standard InChI is InChI=1S/C23H22N2O4/c26-15-21(25-23(27)29-17-19-9-5-2-6-10-19)13-20-11-12-22(24-14-20)28-16-18-7-3-1-4-8-18/h1-12,14-15,21H,13,16-17H2,(H,25,27). The van der Waals surface area contributed by atoms with Gasteiger partial charge in [-0.1, -0.05) is 66.7 Å². The van der Waals surface area contributed by atoms with Crippen molar-refractivity contribution in [2.75, 3.05) is 0 Å². The van der Waals surface area contributed by atoms with Gasteiger partial charge in [0.1, 0.15) is 19.5 Å². The van der Waals surface area contributed by atoms with Gasteiger partial charge in [0, 0.05) is 18.7 Å². The topological polar surface area (TPSA) is 77.5 Å². The number of ether oxygens (including phenoxy) is 2. The molecule has 29 heavy (non-hydrogen) atoms. The molecule has 0 aliphatic heterocycles. The minimum atomic E-state index is -0.698. The maximum atomic E-state index is 11.9. The number of aldehydes is 1. The van der Waals surface area contributed by atoms with E-state index >= 15 is 0 Å². The van der Waals surface area contributed by atoms with Gasteiger partial charge in [-0.15, -0.1) is 0 Å². The summed E-state index contributed by atoms with van der Waals surface area (Å²) in [5, 5.41) is 2.56. The lowest BCUT2D eigenvalue weighted by Gasteiger charge is -2.13. The highest BCUT2D eigenvalue weighted by Gasteiger charge is 2.13. The highest BCUT2D eigenvalue weighted by molar-refractivity contribution is 5.73. The van der Waals surface area contributed by atoms with Crippen LogP contribution in [0, 0.1) is 0 Å². The molecule has 1 unspecified atom stereocenters. The third-order valence-electron chi connectivity index (χ3n) is 4.16. The van der Waals surface area contributed by atoms with Crippen LogP contribution in [0.5, 0.6) is 5.88 Å². The van der Waals surface area contributed by atoms with Gasteiger partial charge in [-0.3, -0.25) is 0 Å². The summed E-state index contributed by atoms with van der Waals surface area (Å²) in [6, 6.07) is 22.0. The molecular weight excluding hydrogens is 368 g/mol. The Hall–Kier alpha value is -3.67. The van der Waals surface area contributed by atoms with Crippen LogP contribution in [0.15, 0.2) is 79.0 Å². The van der Waals surface area contributed by atoms with Gasteiger partial charge < -0.3 is 19.6 Å². The predicted octanol–water partition coefficient (Wildman–Crippen LogP) is 3.70. The van der Waals surface area contributed by atoms with Crippen LogP contribution >= 0.6 is 0 Å². The smallest absolute Gasteiger partial charge is 0.408 e. The second-order valence-corrected chi connectivity index (χ2v) is 6.43. The van der Waals surface area contributed by atoms with Gasteiger partial charge in [-0.2, -0.15) is 0 Å². The molecule has 0 spiro atoms. The average molecular weight is 390 g/mol. The molecule has 0 bridgehead atoms. The summed E-state index contributed by atoms with van der Waals surface area (Å²) in [5.74, 6) is 0.496. The number of benzene rings is 2. The molecule has 2 aromatic carbocycles. The minimum Gasteiger partial charge on any atom is -0.473 e. The normalized spacial score (nSPS) is 11.3. The second-order valence-electron chi connectivity index (χ2n) is 6.43. The van der Waals surface area contributed by atoms with Crippen LogP contribution in [-0.2, 0) is 29.2 Å². The number of pyridine rings is 1. The Morgan fingerprint density at radius 3 is 2.14 bits per heavy atom. The van der Waals surface area contributed by atoms with Crippen molar-refractivity contribution < 1.29 is 19.1 Å². The summed E-state index contributed by atoms with van der Waals surface area (Å²) in [7, 11) is 0. The molecule has 3 rings (SSSR count). The Kier molecular flexibility index (Phi) is 7.34. The quantitative estimate of drug-likeness (QED) is 0.564. The maximum absolute atomic E-state index is 11.9. The largest absolute Gasteiger partial charge is 0.473 e. The highest BCUT2D eigenvalue weighted by Crippen LogP contribution is 2.11. The Morgan fingerprint density at radius 2 is 1.55 bits per heavy atom. The van der Waals surface area contributed by atoms with Crippen LogP contribution in [-0.4, -0.2) is 23.4 Å². The van der Waals surface area contributed by atoms with Crippen molar-refractivity contribution in [3.05, 3.63) is 95.7 Å². The number of alkyl carbamates (subject to hydrolysis) is 1. The molecule has 148 valence electrons. The van der Waals surface area contributed by atoms with Crippen molar-refractivity contribution in [2.24, 2.45) is 0 Å². The van der Waals surface area contributed by atoms with Gasteiger partial charge in [0.2, 0.25) is 5.88 Å². The van der Waals surface area contributed by atoms with Crippen molar-refractivity contribution >= 4 is 12.4 Å². The number of hydrogen-bond acceptors (Lipinski definition) is 5. The van der Waals surface area contributed by atoms with Crippen molar-refractivity contribution in [1.82, 2.24) is 10.3 Å². The van der Waals surface area contributed by atoms with E-state index in [1.165, 1.54) is 0 Å². The number of carbonyl (C=O) groups is 2. The lowest BCUT2D eigenvalue weighted by atomic mass is 10.1. The van der Waals surface area contributed by atoms with Crippen molar-refractivity contribution in [3.8, 4) is 5.88 Å². The maximum Gasteiger partial charge on any atom is 0.408 e. The van der Waals surface area contributed by atoms with Gasteiger partial charge >= 0.3 is 6.09 Å². The summed E-state index contributed by atoms with van der Waals surface area (Å²) in [4.78, 5) is 27.5. The van der Waals surface area contributed by atoms with Gasteiger partial charge in [0.15, 0.2) is 0 Å². The first-order chi connectivity index (χ1) is 14.2. The minimum absolute atomic E-state index is 0.146. The summed E-state index contributed by atoms with van der Waals surface area (Å²) in [6.07, 6.45) is 1.99. The van der Waals surface area contributed by atoms with E-state index in [9.17, 15) is 9.59 Å². The van der Waals surface area contributed by atoms with Crippen LogP contribution in [0.4, 0.5) is 4.79 Å². The zero-order chi connectivity index (χ0) is 20.3. The first-order valence-electron chi connectivity index (χ1n) is 9.27. The molecule has 1 amide bonds. The van der Waals surface area contributed by atoms with Crippen LogP contribution in [0.3, 0.4) is 0 Å². The molecule has 1 heterocycles. The van der Waals surface area contributed by atoms with E-state index in [4.69, 9.17) is 9.47 Å². The highest BCUT2D eigenvalue weighted by atomic mass is 16.5. The monoisotopic (exact) mass is 390 g/mol. The zero-order valence-corrected chi connectivity index (χ0v) is 15.9. The van der Waals surface area contributed by atoms with Crippen LogP contribution in [0.25, 0.3) is 0 Å². The Bertz CT molecular complexity index is 899. The fraction of sp³-hybridized carbons (Fsp3) is 0.174. The first kappa shape index (κ1) is 20.1. The molecule has 0 fully saturated rings. The van der Waals surface area contributed by atoms with Crippen molar-refractivity contribution in [3.63, 3.8) is 0 Å². The number of hydrogen-bond donors (Lipinski definition) is 1. The molecule has 6 nitrogen and oxygen atoms in total. The molecule has 1 atom stereocenters. The molecule has 0 saturated carbocycles. The number of nitrogens with zero attached hydrogens (tertiary/aromatic N) is 1. The Morgan fingerprint density at radius 1 is 0.897 bits per heavy atom. The van der Waals surface area contributed by atoms with E-state index in [2.05, 4.69) is 10.3 Å². The van der Waals surface area contributed by atoms with Crippen LogP contribution in [0.1, 0.15) is 16.7 Å². The van der Waals surface area contributed by atoms with Gasteiger partial charge in [0.05, 0.1) is 6.04 Å². The van der Waals surface area contributed by atoms with E-state index in [1.807, 2.05) is 66.7 Å². The van der Waals surface area contributed by atoms with E-state index in [-0.39, 0.29) is 6.61 Å². The van der Waals surface area contributed by atoms with E-state index in [0.29, 0.717) is 25.2 Å². The summed E-state index contributed by atoms with van der Waals surface area (Å²) in [5.41, 5.74) is 2.73. The first-order valence-corrected chi connectivity index (χ1v) is 9.27. The fourth-order valence-corrected chi connectivity index (χ4v) is 2.65. The molecule has 6 heteroatoms. The average Bonchev–Trinajstić information content (AvgIpc) is 2.78. The second kappa shape index (κ2) is 10.6. The SMILES string of the molecule is O=CC(Cc1ccc(OCc2ccccc2)nc1)NC(=O)OCc1ccccc1. The predicted molar refractivity (Wildman–Crippen MR) is 108 cm³/mol. The third-order valence-corrected chi connectivity index (χ3v) is 4.16. The summed E-state index contributed by atoms with van der Waals surface area (Å²) in [6.45, 7) is 0.576. The lowest BCUT2D eigenvalue weighted by Crippen LogP contribution is -2.37.